The Bertz CT molecular complexity index is 878. The Balaban J connectivity index is 1.84. The SMILES string of the molecule is CC(=N)c1ccc2nc(N=Nc3ccc(N(C)C)cc3)sc2c1. The molecule has 0 radical (unpaired) electrons. The molecular weight excluding hydrogens is 306 g/mol. The third-order valence-electron chi connectivity index (χ3n) is 3.43. The van der Waals surface area contributed by atoms with Crippen LogP contribution in [0.4, 0.5) is 16.5 Å². The van der Waals surface area contributed by atoms with Crippen LogP contribution in [0, 0.1) is 5.41 Å². The third-order valence-corrected chi connectivity index (χ3v) is 4.33. The van der Waals surface area contributed by atoms with Crippen molar-refractivity contribution in [2.45, 2.75) is 6.92 Å². The molecule has 0 aliphatic rings. The predicted molar refractivity (Wildman–Crippen MR) is 97.1 cm³/mol. The van der Waals surface area contributed by atoms with Crippen molar-refractivity contribution in [2.75, 3.05) is 19.0 Å². The fraction of sp³-hybridized carbons (Fsp3) is 0.176. The van der Waals surface area contributed by atoms with Gasteiger partial charge in [-0.2, -0.15) is 0 Å². The summed E-state index contributed by atoms with van der Waals surface area (Å²) in [4.78, 5) is 6.49. The molecule has 0 amide bonds. The summed E-state index contributed by atoms with van der Waals surface area (Å²) in [6, 6.07) is 13.7. The van der Waals surface area contributed by atoms with Crippen molar-refractivity contribution < 1.29 is 0 Å². The Hall–Kier alpha value is -2.60. The van der Waals surface area contributed by atoms with Gasteiger partial charge in [-0.1, -0.05) is 17.4 Å². The second-order valence-electron chi connectivity index (χ2n) is 5.41. The molecule has 0 aliphatic carbocycles. The van der Waals surface area contributed by atoms with Gasteiger partial charge in [-0.05, 0) is 48.9 Å². The van der Waals surface area contributed by atoms with Gasteiger partial charge in [-0.3, -0.25) is 0 Å². The highest BCUT2D eigenvalue weighted by Gasteiger charge is 2.05. The maximum atomic E-state index is 7.70. The number of rotatable bonds is 4. The molecule has 1 heterocycles. The number of azo groups is 1. The number of aromatic nitrogens is 1. The van der Waals surface area contributed by atoms with Crippen molar-refractivity contribution in [1.82, 2.24) is 4.98 Å². The summed E-state index contributed by atoms with van der Waals surface area (Å²) in [5.74, 6) is 0. The molecule has 3 rings (SSSR count). The zero-order valence-electron chi connectivity index (χ0n) is 13.2. The minimum Gasteiger partial charge on any atom is -0.378 e. The zero-order valence-corrected chi connectivity index (χ0v) is 14.1. The van der Waals surface area contributed by atoms with Crippen LogP contribution in [0.5, 0.6) is 0 Å². The number of fused-ring (bicyclic) bond motifs is 1. The molecule has 2 aromatic carbocycles. The summed E-state index contributed by atoms with van der Waals surface area (Å²) < 4.78 is 1.02. The highest BCUT2D eigenvalue weighted by Crippen LogP contribution is 2.30. The van der Waals surface area contributed by atoms with Crippen LogP contribution in [0.1, 0.15) is 12.5 Å². The van der Waals surface area contributed by atoms with E-state index in [1.54, 1.807) is 6.92 Å². The molecule has 1 aromatic heterocycles. The van der Waals surface area contributed by atoms with Crippen molar-refractivity contribution >= 4 is 43.8 Å². The first-order valence-electron chi connectivity index (χ1n) is 7.18. The summed E-state index contributed by atoms with van der Waals surface area (Å²) in [6.45, 7) is 1.78. The lowest BCUT2D eigenvalue weighted by Crippen LogP contribution is -2.07. The Labute approximate surface area is 138 Å². The molecule has 0 fully saturated rings. The van der Waals surface area contributed by atoms with Gasteiger partial charge in [0.1, 0.15) is 0 Å². The van der Waals surface area contributed by atoms with Gasteiger partial charge in [0, 0.05) is 25.5 Å². The second kappa shape index (κ2) is 6.26. The molecular formula is C17H17N5S. The van der Waals surface area contributed by atoms with Gasteiger partial charge >= 0.3 is 0 Å². The lowest BCUT2D eigenvalue weighted by Gasteiger charge is -2.11. The zero-order chi connectivity index (χ0) is 16.4. The molecule has 0 saturated carbocycles. The summed E-state index contributed by atoms with van der Waals surface area (Å²) in [5.41, 5.74) is 4.26. The monoisotopic (exact) mass is 323 g/mol. The van der Waals surface area contributed by atoms with Crippen LogP contribution < -0.4 is 4.90 Å². The van der Waals surface area contributed by atoms with E-state index in [1.807, 2.05) is 61.5 Å². The minimum absolute atomic E-state index is 0.546. The molecule has 116 valence electrons. The van der Waals surface area contributed by atoms with E-state index in [9.17, 15) is 0 Å². The van der Waals surface area contributed by atoms with Gasteiger partial charge in [0.15, 0.2) is 0 Å². The summed E-state index contributed by atoms with van der Waals surface area (Å²) in [6.07, 6.45) is 0. The lowest BCUT2D eigenvalue weighted by molar-refractivity contribution is 1.13. The molecule has 0 atom stereocenters. The van der Waals surface area contributed by atoms with Crippen LogP contribution in [-0.2, 0) is 0 Å². The Morgan fingerprint density at radius 2 is 1.83 bits per heavy atom. The third kappa shape index (κ3) is 3.43. The average molecular weight is 323 g/mol. The maximum Gasteiger partial charge on any atom is 0.231 e. The fourth-order valence-electron chi connectivity index (χ4n) is 2.11. The highest BCUT2D eigenvalue weighted by molar-refractivity contribution is 7.21. The molecule has 0 aliphatic heterocycles. The molecule has 3 aromatic rings. The van der Waals surface area contributed by atoms with E-state index in [1.165, 1.54) is 11.3 Å². The van der Waals surface area contributed by atoms with Crippen molar-refractivity contribution in [3.8, 4) is 0 Å². The first-order chi connectivity index (χ1) is 11.0. The van der Waals surface area contributed by atoms with Crippen LogP contribution >= 0.6 is 11.3 Å². The summed E-state index contributed by atoms with van der Waals surface area (Å²) >= 11 is 1.48. The quantitative estimate of drug-likeness (QED) is 0.532. The van der Waals surface area contributed by atoms with E-state index in [2.05, 4.69) is 15.2 Å². The molecule has 0 bridgehead atoms. The Morgan fingerprint density at radius 1 is 1.09 bits per heavy atom. The fourth-order valence-corrected chi connectivity index (χ4v) is 2.93. The lowest BCUT2D eigenvalue weighted by atomic mass is 10.1. The van der Waals surface area contributed by atoms with Gasteiger partial charge in [-0.15, -0.1) is 10.2 Å². The maximum absolute atomic E-state index is 7.70. The average Bonchev–Trinajstić information content (AvgIpc) is 2.95. The van der Waals surface area contributed by atoms with Crippen molar-refractivity contribution in [2.24, 2.45) is 10.2 Å². The van der Waals surface area contributed by atoms with Gasteiger partial charge in [0.25, 0.3) is 0 Å². The van der Waals surface area contributed by atoms with Gasteiger partial charge in [-0.25, -0.2) is 4.98 Å². The number of benzene rings is 2. The van der Waals surface area contributed by atoms with Crippen molar-refractivity contribution in [3.05, 3.63) is 48.0 Å². The Morgan fingerprint density at radius 3 is 2.48 bits per heavy atom. The van der Waals surface area contributed by atoms with E-state index < -0.39 is 0 Å². The first-order valence-corrected chi connectivity index (χ1v) is 8.00. The molecule has 23 heavy (non-hydrogen) atoms. The van der Waals surface area contributed by atoms with Crippen LogP contribution in [0.2, 0.25) is 0 Å². The Kier molecular flexibility index (Phi) is 4.16. The summed E-state index contributed by atoms with van der Waals surface area (Å²) in [7, 11) is 4.00. The van der Waals surface area contributed by atoms with Crippen LogP contribution in [-0.4, -0.2) is 24.8 Å². The van der Waals surface area contributed by atoms with E-state index in [0.717, 1.165) is 27.2 Å². The topological polar surface area (TPSA) is 64.7 Å². The number of hydrogen-bond acceptors (Lipinski definition) is 6. The molecule has 1 N–H and O–H groups in total. The predicted octanol–water partition coefficient (Wildman–Crippen LogP) is 5.17. The number of anilines is 1. The first kappa shape index (κ1) is 15.3. The van der Waals surface area contributed by atoms with Crippen LogP contribution in [0.3, 0.4) is 0 Å². The molecule has 0 unspecified atom stereocenters. The minimum atomic E-state index is 0.546. The second-order valence-corrected chi connectivity index (χ2v) is 6.42. The smallest absolute Gasteiger partial charge is 0.231 e. The van der Waals surface area contributed by atoms with E-state index in [0.29, 0.717) is 10.8 Å². The van der Waals surface area contributed by atoms with E-state index >= 15 is 0 Å². The van der Waals surface area contributed by atoms with Crippen molar-refractivity contribution in [1.29, 1.82) is 5.41 Å². The molecule has 5 nitrogen and oxygen atoms in total. The van der Waals surface area contributed by atoms with E-state index in [-0.39, 0.29) is 0 Å². The highest BCUT2D eigenvalue weighted by atomic mass is 32.1. The number of nitrogens with one attached hydrogen (secondary N) is 1. The number of hydrogen-bond donors (Lipinski definition) is 1. The standard InChI is InChI=1S/C17H17N5S/c1-11(18)12-4-9-15-16(10-12)23-17(19-15)21-20-13-5-7-14(8-6-13)22(2)3/h4-10,18H,1-3H3. The normalized spacial score (nSPS) is 11.3. The molecule has 0 saturated heterocycles. The van der Waals surface area contributed by atoms with Crippen LogP contribution in [0.25, 0.3) is 10.2 Å². The van der Waals surface area contributed by atoms with Crippen LogP contribution in [0.15, 0.2) is 52.7 Å². The van der Waals surface area contributed by atoms with Gasteiger partial charge in [0.05, 0.1) is 15.9 Å². The summed E-state index contributed by atoms with van der Waals surface area (Å²) in [5, 5.41) is 16.8. The van der Waals surface area contributed by atoms with E-state index in [4.69, 9.17) is 5.41 Å². The molecule has 6 heteroatoms. The molecule has 0 spiro atoms. The van der Waals surface area contributed by atoms with Gasteiger partial charge in [0.2, 0.25) is 5.13 Å². The van der Waals surface area contributed by atoms with Crippen molar-refractivity contribution in [3.63, 3.8) is 0 Å². The number of thiazole rings is 1. The number of nitrogens with zero attached hydrogens (tertiary/aromatic N) is 4. The largest absolute Gasteiger partial charge is 0.378 e. The van der Waals surface area contributed by atoms with Gasteiger partial charge < -0.3 is 10.3 Å².